The molecule has 10 nitrogen and oxygen atoms in total. The molecule has 0 atom stereocenters. The normalized spacial score (nSPS) is 12.4. The minimum Gasteiger partial charge on any atom is -0.492 e. The lowest BCUT2D eigenvalue weighted by atomic mass is 10.00. The van der Waals surface area contributed by atoms with Gasteiger partial charge in [0.25, 0.3) is 5.91 Å². The minimum absolute atomic E-state index is 0.0671. The maximum Gasteiger partial charge on any atom is 0.283 e. The second-order valence-corrected chi connectivity index (χ2v) is 9.88. The maximum absolute atomic E-state index is 13.6. The molecule has 4 heterocycles. The van der Waals surface area contributed by atoms with Crippen molar-refractivity contribution >= 4 is 33.7 Å². The number of carbonyl (C=O) groups is 1. The lowest BCUT2D eigenvalue weighted by molar-refractivity contribution is 0.0959. The van der Waals surface area contributed by atoms with Crippen LogP contribution in [0.4, 0.5) is 0 Å². The van der Waals surface area contributed by atoms with Gasteiger partial charge in [0, 0.05) is 41.7 Å². The van der Waals surface area contributed by atoms with Crippen molar-refractivity contribution in [2.45, 2.75) is 33.3 Å². The van der Waals surface area contributed by atoms with Crippen LogP contribution in [0.5, 0.6) is 23.0 Å². The van der Waals surface area contributed by atoms with E-state index < -0.39 is 0 Å². The molecule has 5 rings (SSSR count). The fourth-order valence-electron chi connectivity index (χ4n) is 4.84. The van der Waals surface area contributed by atoms with Crippen molar-refractivity contribution in [2.75, 3.05) is 28.1 Å². The molecule has 3 aromatic heterocycles. The largest absolute Gasteiger partial charge is 0.492 e. The van der Waals surface area contributed by atoms with E-state index in [2.05, 4.69) is 17.5 Å². The van der Waals surface area contributed by atoms with Gasteiger partial charge in [-0.2, -0.15) is 5.10 Å². The molecule has 0 fully saturated rings. The van der Waals surface area contributed by atoms with Crippen molar-refractivity contribution in [1.82, 2.24) is 15.0 Å². The van der Waals surface area contributed by atoms with Crippen LogP contribution in [0.25, 0.3) is 15.9 Å². The van der Waals surface area contributed by atoms with E-state index in [0.29, 0.717) is 46.5 Å². The van der Waals surface area contributed by atoms with Gasteiger partial charge in [0.05, 0.1) is 32.7 Å². The third kappa shape index (κ3) is 4.79. The number of aryl methyl sites for hydroxylation is 1. The smallest absolute Gasteiger partial charge is 0.283 e. The standard InChI is InChI=1S/C28H30N4O6S/c1-6-9-18-19(23(36-5)25-24(22(18)35-4)37-15-38-25)13-29-31-27(33)26-21(32-10-7-8-11-32)20-17(14-34-3)12-16(2)30-28(20)39-26/h7-8,10-13H,6,9,14-15H2,1-5H3,(H,31,33)/b29-13+. The molecular weight excluding hydrogens is 520 g/mol. The highest BCUT2D eigenvalue weighted by atomic mass is 32.1. The average Bonchev–Trinajstić information content (AvgIpc) is 3.68. The van der Waals surface area contributed by atoms with Crippen LogP contribution in [0.3, 0.4) is 0 Å². The van der Waals surface area contributed by atoms with Crippen molar-refractivity contribution < 1.29 is 28.5 Å². The Bertz CT molecular complexity index is 1540. The number of amides is 1. The number of hydrogen-bond acceptors (Lipinski definition) is 9. The number of carbonyl (C=O) groups excluding carboxylic acids is 1. The molecule has 39 heavy (non-hydrogen) atoms. The molecular formula is C28H30N4O6S. The van der Waals surface area contributed by atoms with Gasteiger partial charge < -0.3 is 28.3 Å². The Balaban J connectivity index is 1.56. The number of thiophene rings is 1. The van der Waals surface area contributed by atoms with E-state index in [-0.39, 0.29) is 12.7 Å². The van der Waals surface area contributed by atoms with Gasteiger partial charge in [-0.05, 0) is 37.1 Å². The van der Waals surface area contributed by atoms with E-state index in [4.69, 9.17) is 28.7 Å². The van der Waals surface area contributed by atoms with E-state index in [9.17, 15) is 4.79 Å². The number of pyridine rings is 1. The fourth-order valence-corrected chi connectivity index (χ4v) is 6.00. The van der Waals surface area contributed by atoms with Gasteiger partial charge in [-0.3, -0.25) is 4.79 Å². The predicted molar refractivity (Wildman–Crippen MR) is 149 cm³/mol. The van der Waals surface area contributed by atoms with Crippen LogP contribution in [-0.4, -0.2) is 49.8 Å². The topological polar surface area (TPSA) is 105 Å². The van der Waals surface area contributed by atoms with E-state index in [0.717, 1.165) is 39.1 Å². The number of nitrogens with zero attached hydrogens (tertiary/aromatic N) is 3. The number of hydrazone groups is 1. The number of rotatable bonds is 10. The van der Waals surface area contributed by atoms with Crippen LogP contribution in [-0.2, 0) is 17.8 Å². The Morgan fingerprint density at radius 2 is 1.90 bits per heavy atom. The SMILES string of the molecule is CCCc1c(/C=N/NC(=O)c2sc3nc(C)cc(COC)c3c2-n2cccc2)c(OC)c2c(c1OC)OCO2. The number of nitrogens with one attached hydrogen (secondary N) is 1. The summed E-state index contributed by atoms with van der Waals surface area (Å²) >= 11 is 1.32. The number of methoxy groups -OCH3 is 3. The summed E-state index contributed by atoms with van der Waals surface area (Å²) < 4.78 is 30.1. The Kier molecular flexibility index (Phi) is 7.71. The van der Waals surface area contributed by atoms with Crippen LogP contribution in [0, 0.1) is 6.92 Å². The molecule has 1 aromatic carbocycles. The van der Waals surface area contributed by atoms with Crippen molar-refractivity contribution in [2.24, 2.45) is 5.10 Å². The van der Waals surface area contributed by atoms with Gasteiger partial charge in [0.15, 0.2) is 11.5 Å². The van der Waals surface area contributed by atoms with Crippen LogP contribution < -0.4 is 24.4 Å². The lowest BCUT2D eigenvalue weighted by Gasteiger charge is -2.17. The third-order valence-corrected chi connectivity index (χ3v) is 7.42. The van der Waals surface area contributed by atoms with Crippen LogP contribution in [0.2, 0.25) is 0 Å². The van der Waals surface area contributed by atoms with Gasteiger partial charge in [-0.1, -0.05) is 13.3 Å². The summed E-state index contributed by atoms with van der Waals surface area (Å²) in [5, 5.41) is 5.21. The first kappa shape index (κ1) is 26.5. The summed E-state index contributed by atoms with van der Waals surface area (Å²) in [6.07, 6.45) is 6.91. The number of ether oxygens (including phenoxy) is 5. The second-order valence-electron chi connectivity index (χ2n) is 8.88. The van der Waals surface area contributed by atoms with Crippen molar-refractivity contribution in [3.05, 3.63) is 57.9 Å². The molecule has 0 bridgehead atoms. The first-order chi connectivity index (χ1) is 19.0. The quantitative estimate of drug-likeness (QED) is 0.219. The van der Waals surface area contributed by atoms with E-state index in [1.54, 1.807) is 27.5 Å². The molecule has 0 saturated carbocycles. The highest BCUT2D eigenvalue weighted by molar-refractivity contribution is 7.21. The molecule has 11 heteroatoms. The molecule has 1 aliphatic rings. The Morgan fingerprint density at radius 1 is 1.18 bits per heavy atom. The van der Waals surface area contributed by atoms with Gasteiger partial charge in [-0.25, -0.2) is 10.4 Å². The number of hydrogen-bond donors (Lipinski definition) is 1. The maximum atomic E-state index is 13.6. The zero-order valence-corrected chi connectivity index (χ0v) is 23.3. The average molecular weight is 551 g/mol. The molecule has 0 aliphatic carbocycles. The van der Waals surface area contributed by atoms with Crippen LogP contribution in [0.15, 0.2) is 35.7 Å². The van der Waals surface area contributed by atoms with Crippen molar-refractivity contribution in [3.63, 3.8) is 0 Å². The second kappa shape index (κ2) is 11.3. The zero-order chi connectivity index (χ0) is 27.5. The molecule has 204 valence electrons. The van der Waals surface area contributed by atoms with Crippen molar-refractivity contribution in [3.8, 4) is 28.7 Å². The first-order valence-corrected chi connectivity index (χ1v) is 13.3. The van der Waals surface area contributed by atoms with Gasteiger partial charge in [0.1, 0.15) is 9.71 Å². The summed E-state index contributed by atoms with van der Waals surface area (Å²) in [6, 6.07) is 5.81. The highest BCUT2D eigenvalue weighted by Gasteiger charge is 2.31. The summed E-state index contributed by atoms with van der Waals surface area (Å²) in [5.41, 5.74) is 6.77. The first-order valence-electron chi connectivity index (χ1n) is 12.5. The van der Waals surface area contributed by atoms with Gasteiger partial charge >= 0.3 is 0 Å². The summed E-state index contributed by atoms with van der Waals surface area (Å²) in [4.78, 5) is 19.5. The Morgan fingerprint density at radius 3 is 2.56 bits per heavy atom. The third-order valence-electron chi connectivity index (χ3n) is 6.35. The molecule has 0 saturated heterocycles. The number of fused-ring (bicyclic) bond motifs is 2. The molecule has 0 spiro atoms. The molecule has 1 amide bonds. The van der Waals surface area contributed by atoms with E-state index >= 15 is 0 Å². The lowest BCUT2D eigenvalue weighted by Crippen LogP contribution is -2.18. The van der Waals surface area contributed by atoms with Gasteiger partial charge in [-0.15, -0.1) is 11.3 Å². The predicted octanol–water partition coefficient (Wildman–Crippen LogP) is 5.00. The molecule has 4 aromatic rings. The number of benzene rings is 1. The Labute approximate surface area is 230 Å². The van der Waals surface area contributed by atoms with E-state index in [1.165, 1.54) is 11.3 Å². The molecule has 1 aliphatic heterocycles. The van der Waals surface area contributed by atoms with Gasteiger partial charge in [0.2, 0.25) is 18.3 Å². The molecule has 1 N–H and O–H groups in total. The number of aromatic nitrogens is 2. The summed E-state index contributed by atoms with van der Waals surface area (Å²) in [7, 11) is 4.80. The summed E-state index contributed by atoms with van der Waals surface area (Å²) in [6.45, 7) is 4.46. The van der Waals surface area contributed by atoms with Crippen LogP contribution >= 0.6 is 11.3 Å². The summed E-state index contributed by atoms with van der Waals surface area (Å²) in [5.74, 6) is 1.65. The fraction of sp³-hybridized carbons (Fsp3) is 0.321. The monoisotopic (exact) mass is 550 g/mol. The zero-order valence-electron chi connectivity index (χ0n) is 22.5. The molecule has 0 radical (unpaired) electrons. The highest BCUT2D eigenvalue weighted by Crippen LogP contribution is 2.52. The van der Waals surface area contributed by atoms with Crippen LogP contribution in [0.1, 0.15) is 45.4 Å². The minimum atomic E-state index is -0.359. The van der Waals surface area contributed by atoms with Crippen molar-refractivity contribution in [1.29, 1.82) is 0 Å². The van der Waals surface area contributed by atoms with E-state index in [1.807, 2.05) is 42.1 Å². The Hall–Kier alpha value is -4.09. The molecule has 0 unspecified atom stereocenters.